The van der Waals surface area contributed by atoms with Gasteiger partial charge in [0.25, 0.3) is 0 Å². The van der Waals surface area contributed by atoms with Gasteiger partial charge in [-0.3, -0.25) is 10.2 Å². The molecule has 1 rings (SSSR count). The van der Waals surface area contributed by atoms with Gasteiger partial charge in [0, 0.05) is 0 Å². The van der Waals surface area contributed by atoms with Crippen LogP contribution in [0.15, 0.2) is 23.1 Å². The Morgan fingerprint density at radius 1 is 1.39 bits per heavy atom. The normalized spacial score (nSPS) is 11.0. The maximum atomic E-state index is 11.7. The molecule has 4 N–H and O–H groups in total. The number of carboxylic acid groups (broad SMARTS) is 1. The summed E-state index contributed by atoms with van der Waals surface area (Å²) in [5, 5.41) is 8.71. The number of hydrogen-bond donors (Lipinski definition) is 3. The molecular weight excluding hydrogens is 284 g/mol. The van der Waals surface area contributed by atoms with Crippen LogP contribution in [0.5, 0.6) is 0 Å². The second-order valence-electron chi connectivity index (χ2n) is 3.27. The van der Waals surface area contributed by atoms with E-state index in [0.29, 0.717) is 0 Å². The van der Waals surface area contributed by atoms with E-state index in [9.17, 15) is 18.0 Å². The van der Waals surface area contributed by atoms with Crippen LogP contribution in [0.3, 0.4) is 0 Å². The topological polar surface area (TPSA) is 127 Å². The smallest absolute Gasteiger partial charge is 0.337 e. The summed E-state index contributed by atoms with van der Waals surface area (Å²) < 4.78 is 23.5. The van der Waals surface area contributed by atoms with Crippen molar-refractivity contribution in [2.45, 2.75) is 4.90 Å². The Morgan fingerprint density at radius 2 is 2.00 bits per heavy atom. The number of nitrogens with one attached hydrogen (secondary N) is 1. The number of sulfone groups is 1. The third kappa shape index (κ3) is 3.19. The molecule has 1 amide bonds. The standard InChI is InChI=1S/C9H9ClN2O5S/c10-7-2-1-5(3-6(7)9(14)15)18(16,17)4-8(13)12-11/h1-3H,4,11H2,(H,12,13)(H,14,15). The second-order valence-corrected chi connectivity index (χ2v) is 5.67. The SMILES string of the molecule is NNC(=O)CS(=O)(=O)c1ccc(Cl)c(C(=O)O)c1. The highest BCUT2D eigenvalue weighted by Gasteiger charge is 2.21. The van der Waals surface area contributed by atoms with Crippen LogP contribution in [0.1, 0.15) is 10.4 Å². The van der Waals surface area contributed by atoms with Crippen molar-refractivity contribution >= 4 is 33.3 Å². The summed E-state index contributed by atoms with van der Waals surface area (Å²) >= 11 is 5.60. The maximum Gasteiger partial charge on any atom is 0.337 e. The molecule has 0 saturated carbocycles. The first-order chi connectivity index (χ1) is 8.27. The van der Waals surface area contributed by atoms with Crippen LogP contribution in [0.2, 0.25) is 5.02 Å². The van der Waals surface area contributed by atoms with E-state index in [1.807, 2.05) is 0 Å². The van der Waals surface area contributed by atoms with Crippen LogP contribution in [-0.2, 0) is 14.6 Å². The fourth-order valence-corrected chi connectivity index (χ4v) is 2.53. The lowest BCUT2D eigenvalue weighted by Gasteiger charge is -2.05. The van der Waals surface area contributed by atoms with Crippen molar-refractivity contribution in [2.24, 2.45) is 5.84 Å². The quantitative estimate of drug-likeness (QED) is 0.401. The Morgan fingerprint density at radius 3 is 2.50 bits per heavy atom. The highest BCUT2D eigenvalue weighted by atomic mass is 35.5. The summed E-state index contributed by atoms with van der Waals surface area (Å²) in [5.41, 5.74) is 1.32. The molecule has 0 aromatic heterocycles. The molecule has 0 bridgehead atoms. The number of carbonyl (C=O) groups excluding carboxylic acids is 1. The van der Waals surface area contributed by atoms with E-state index >= 15 is 0 Å². The molecule has 0 saturated heterocycles. The average Bonchev–Trinajstić information content (AvgIpc) is 2.28. The summed E-state index contributed by atoms with van der Waals surface area (Å²) in [5.74, 6) is 1.65. The fraction of sp³-hybridized carbons (Fsp3) is 0.111. The van der Waals surface area contributed by atoms with Gasteiger partial charge in [0.05, 0.1) is 15.5 Å². The molecule has 0 atom stereocenters. The predicted molar refractivity (Wildman–Crippen MR) is 62.8 cm³/mol. The third-order valence-corrected chi connectivity index (χ3v) is 3.95. The minimum absolute atomic E-state index is 0.0928. The van der Waals surface area contributed by atoms with Crippen molar-refractivity contribution in [2.75, 3.05) is 5.75 Å². The second kappa shape index (κ2) is 5.34. The molecule has 0 aliphatic heterocycles. The van der Waals surface area contributed by atoms with E-state index in [-0.39, 0.29) is 15.5 Å². The van der Waals surface area contributed by atoms with Crippen molar-refractivity contribution in [1.29, 1.82) is 0 Å². The van der Waals surface area contributed by atoms with Crippen molar-refractivity contribution < 1.29 is 23.1 Å². The van der Waals surface area contributed by atoms with Crippen LogP contribution < -0.4 is 11.3 Å². The van der Waals surface area contributed by atoms with Crippen LogP contribution in [0.25, 0.3) is 0 Å². The van der Waals surface area contributed by atoms with E-state index in [1.165, 1.54) is 0 Å². The molecule has 1 aromatic rings. The van der Waals surface area contributed by atoms with Crippen LogP contribution in [0, 0.1) is 0 Å². The number of carboxylic acids is 1. The Balaban J connectivity index is 3.22. The Bertz CT molecular complexity index is 599. The number of hydrogen-bond acceptors (Lipinski definition) is 5. The molecule has 9 heteroatoms. The maximum absolute atomic E-state index is 11.7. The summed E-state index contributed by atoms with van der Waals surface area (Å²) in [7, 11) is -3.96. The first kappa shape index (κ1) is 14.4. The molecule has 7 nitrogen and oxygen atoms in total. The van der Waals surface area contributed by atoms with Gasteiger partial charge >= 0.3 is 5.97 Å². The van der Waals surface area contributed by atoms with Gasteiger partial charge in [-0.05, 0) is 18.2 Å². The van der Waals surface area contributed by atoms with Gasteiger partial charge in [0.2, 0.25) is 5.91 Å². The van der Waals surface area contributed by atoms with Crippen molar-refractivity contribution in [3.05, 3.63) is 28.8 Å². The number of benzene rings is 1. The number of hydrazine groups is 1. The molecule has 0 unspecified atom stereocenters. The number of carbonyl (C=O) groups is 2. The van der Waals surface area contributed by atoms with E-state index in [2.05, 4.69) is 0 Å². The number of nitrogens with two attached hydrogens (primary N) is 1. The van der Waals surface area contributed by atoms with Gasteiger partial charge < -0.3 is 5.11 Å². The molecule has 0 fully saturated rings. The fourth-order valence-electron chi connectivity index (χ4n) is 1.16. The molecule has 1 aromatic carbocycles. The first-order valence-electron chi connectivity index (χ1n) is 4.53. The van der Waals surface area contributed by atoms with E-state index in [4.69, 9.17) is 22.6 Å². The lowest BCUT2D eigenvalue weighted by molar-refractivity contribution is -0.118. The number of rotatable bonds is 4. The summed E-state index contributed by atoms with van der Waals surface area (Å²) in [6.45, 7) is 0. The van der Waals surface area contributed by atoms with E-state index in [0.717, 1.165) is 18.2 Å². The van der Waals surface area contributed by atoms with E-state index < -0.39 is 27.5 Å². The minimum atomic E-state index is -3.96. The number of halogens is 1. The zero-order valence-corrected chi connectivity index (χ0v) is 10.5. The molecule has 0 spiro atoms. The molecule has 0 aliphatic rings. The summed E-state index contributed by atoms with van der Waals surface area (Å²) in [6, 6.07) is 3.15. The van der Waals surface area contributed by atoms with Crippen molar-refractivity contribution in [3.63, 3.8) is 0 Å². The van der Waals surface area contributed by atoms with Crippen molar-refractivity contribution in [3.8, 4) is 0 Å². The number of amides is 1. The third-order valence-electron chi connectivity index (χ3n) is 2.01. The van der Waals surface area contributed by atoms with Gasteiger partial charge in [-0.2, -0.15) is 0 Å². The van der Waals surface area contributed by atoms with Crippen LogP contribution in [-0.4, -0.2) is 31.2 Å². The number of aromatic carboxylic acids is 1. The van der Waals surface area contributed by atoms with Crippen molar-refractivity contribution in [1.82, 2.24) is 5.43 Å². The molecule has 18 heavy (non-hydrogen) atoms. The minimum Gasteiger partial charge on any atom is -0.478 e. The lowest BCUT2D eigenvalue weighted by Crippen LogP contribution is -2.35. The Kier molecular flexibility index (Phi) is 4.28. The molecule has 98 valence electrons. The molecular formula is C9H9ClN2O5S. The zero-order chi connectivity index (χ0) is 13.9. The van der Waals surface area contributed by atoms with Gasteiger partial charge in [0.15, 0.2) is 9.84 Å². The van der Waals surface area contributed by atoms with Crippen LogP contribution >= 0.6 is 11.6 Å². The van der Waals surface area contributed by atoms with Gasteiger partial charge in [0.1, 0.15) is 5.75 Å². The first-order valence-corrected chi connectivity index (χ1v) is 6.56. The molecule has 0 radical (unpaired) electrons. The molecule has 0 aliphatic carbocycles. The summed E-state index contributed by atoms with van der Waals surface area (Å²) in [6.07, 6.45) is 0. The summed E-state index contributed by atoms with van der Waals surface area (Å²) in [4.78, 5) is 21.4. The lowest BCUT2D eigenvalue weighted by atomic mass is 10.2. The predicted octanol–water partition coefficient (Wildman–Crippen LogP) is -0.198. The van der Waals surface area contributed by atoms with Gasteiger partial charge in [-0.25, -0.2) is 19.1 Å². The highest BCUT2D eigenvalue weighted by Crippen LogP contribution is 2.21. The average molecular weight is 293 g/mol. The van der Waals surface area contributed by atoms with Crippen LogP contribution in [0.4, 0.5) is 0 Å². The zero-order valence-electron chi connectivity index (χ0n) is 8.88. The van der Waals surface area contributed by atoms with Gasteiger partial charge in [-0.15, -0.1) is 0 Å². The Labute approximate surface area is 107 Å². The largest absolute Gasteiger partial charge is 0.478 e. The van der Waals surface area contributed by atoms with E-state index in [1.54, 1.807) is 5.43 Å². The Hall–Kier alpha value is -1.64. The monoisotopic (exact) mass is 292 g/mol. The highest BCUT2D eigenvalue weighted by molar-refractivity contribution is 7.92. The molecule has 0 heterocycles. The van der Waals surface area contributed by atoms with Gasteiger partial charge in [-0.1, -0.05) is 11.6 Å².